The van der Waals surface area contributed by atoms with E-state index in [1.165, 1.54) is 5.56 Å². The largest absolute Gasteiger partial charge is 0.234 e. The highest BCUT2D eigenvalue weighted by molar-refractivity contribution is 7.16. The van der Waals surface area contributed by atoms with Gasteiger partial charge in [0.25, 0.3) is 0 Å². The first kappa shape index (κ1) is 12.7. The summed E-state index contributed by atoms with van der Waals surface area (Å²) in [6, 6.07) is 14.5. The second kappa shape index (κ2) is 5.38. The standard InChI is InChI=1S/C15H12N4S2/c1-2-5-11(6-3-1)8-9-13-18-19-14(12-7-4-10-20-12)16-17-15(19)21-13/h1-7,10H,8-9H2. The van der Waals surface area contributed by atoms with E-state index in [2.05, 4.69) is 39.6 Å². The maximum absolute atomic E-state index is 4.66. The maximum atomic E-state index is 4.66. The topological polar surface area (TPSA) is 43.1 Å². The Balaban J connectivity index is 1.60. The molecule has 0 aliphatic rings. The van der Waals surface area contributed by atoms with Crippen LogP contribution in [-0.2, 0) is 12.8 Å². The lowest BCUT2D eigenvalue weighted by Crippen LogP contribution is -1.94. The van der Waals surface area contributed by atoms with Crippen molar-refractivity contribution in [2.45, 2.75) is 12.8 Å². The summed E-state index contributed by atoms with van der Waals surface area (Å²) in [6.45, 7) is 0. The Bertz CT molecular complexity index is 846. The molecule has 104 valence electrons. The number of aryl methyl sites for hydroxylation is 2. The third-order valence-electron chi connectivity index (χ3n) is 3.24. The van der Waals surface area contributed by atoms with Gasteiger partial charge in [0, 0.05) is 6.42 Å². The van der Waals surface area contributed by atoms with Crippen LogP contribution in [0.5, 0.6) is 0 Å². The molecule has 0 saturated carbocycles. The van der Waals surface area contributed by atoms with Gasteiger partial charge in [0.1, 0.15) is 5.01 Å². The third-order valence-corrected chi connectivity index (χ3v) is 5.07. The number of fused-ring (bicyclic) bond motifs is 1. The van der Waals surface area contributed by atoms with Crippen molar-refractivity contribution in [3.8, 4) is 10.7 Å². The number of hydrogen-bond donors (Lipinski definition) is 0. The zero-order valence-electron chi connectivity index (χ0n) is 11.1. The van der Waals surface area contributed by atoms with Gasteiger partial charge in [0.2, 0.25) is 4.96 Å². The molecule has 0 N–H and O–H groups in total. The van der Waals surface area contributed by atoms with Crippen molar-refractivity contribution < 1.29 is 0 Å². The van der Waals surface area contributed by atoms with E-state index >= 15 is 0 Å². The lowest BCUT2D eigenvalue weighted by molar-refractivity contribution is 0.866. The first-order valence-corrected chi connectivity index (χ1v) is 8.39. The molecule has 0 atom stereocenters. The van der Waals surface area contributed by atoms with Gasteiger partial charge in [0.15, 0.2) is 5.82 Å². The molecule has 4 nitrogen and oxygen atoms in total. The smallest absolute Gasteiger partial charge is 0.182 e. The highest BCUT2D eigenvalue weighted by atomic mass is 32.1. The number of rotatable bonds is 4. The van der Waals surface area contributed by atoms with Gasteiger partial charge in [-0.15, -0.1) is 21.5 Å². The summed E-state index contributed by atoms with van der Waals surface area (Å²) in [5.74, 6) is 0.835. The van der Waals surface area contributed by atoms with Crippen molar-refractivity contribution in [2.24, 2.45) is 0 Å². The van der Waals surface area contributed by atoms with E-state index < -0.39 is 0 Å². The Labute approximate surface area is 129 Å². The van der Waals surface area contributed by atoms with Gasteiger partial charge in [-0.3, -0.25) is 0 Å². The fourth-order valence-electron chi connectivity index (χ4n) is 2.21. The molecule has 0 fully saturated rings. The monoisotopic (exact) mass is 312 g/mol. The third kappa shape index (κ3) is 2.48. The molecule has 0 bridgehead atoms. The van der Waals surface area contributed by atoms with E-state index in [1.54, 1.807) is 22.7 Å². The average molecular weight is 312 g/mol. The van der Waals surface area contributed by atoms with Crippen LogP contribution < -0.4 is 0 Å². The van der Waals surface area contributed by atoms with Crippen LogP contribution in [-0.4, -0.2) is 19.8 Å². The Morgan fingerprint density at radius 2 is 1.86 bits per heavy atom. The van der Waals surface area contributed by atoms with Gasteiger partial charge in [-0.1, -0.05) is 47.7 Å². The van der Waals surface area contributed by atoms with Crippen LogP contribution >= 0.6 is 22.7 Å². The van der Waals surface area contributed by atoms with Crippen LogP contribution in [0.15, 0.2) is 47.8 Å². The molecule has 21 heavy (non-hydrogen) atoms. The summed E-state index contributed by atoms with van der Waals surface area (Å²) >= 11 is 3.27. The molecule has 4 rings (SSSR count). The predicted molar refractivity (Wildman–Crippen MR) is 85.8 cm³/mol. The quantitative estimate of drug-likeness (QED) is 0.577. The summed E-state index contributed by atoms with van der Waals surface area (Å²) in [7, 11) is 0. The number of hydrogen-bond acceptors (Lipinski definition) is 5. The number of nitrogens with zero attached hydrogens (tertiary/aromatic N) is 4. The van der Waals surface area contributed by atoms with Crippen LogP contribution in [0, 0.1) is 0 Å². The highest BCUT2D eigenvalue weighted by Crippen LogP contribution is 2.25. The van der Waals surface area contributed by atoms with Gasteiger partial charge in [0.05, 0.1) is 4.88 Å². The molecule has 3 aromatic heterocycles. The lowest BCUT2D eigenvalue weighted by atomic mass is 10.1. The molecular weight excluding hydrogens is 300 g/mol. The summed E-state index contributed by atoms with van der Waals surface area (Å²) in [6.07, 6.45) is 1.93. The number of thiophene rings is 1. The van der Waals surface area contributed by atoms with E-state index in [4.69, 9.17) is 0 Å². The summed E-state index contributed by atoms with van der Waals surface area (Å²) in [5.41, 5.74) is 1.34. The van der Waals surface area contributed by atoms with Gasteiger partial charge in [-0.05, 0) is 23.4 Å². The fourth-order valence-corrected chi connectivity index (χ4v) is 3.74. The van der Waals surface area contributed by atoms with Crippen molar-refractivity contribution >= 4 is 27.6 Å². The maximum Gasteiger partial charge on any atom is 0.234 e. The fraction of sp³-hybridized carbons (Fsp3) is 0.133. The van der Waals surface area contributed by atoms with Gasteiger partial charge >= 0.3 is 0 Å². The SMILES string of the molecule is c1ccc(CCc2nn3c(-c4cccs4)nnc3s2)cc1. The Morgan fingerprint density at radius 3 is 2.67 bits per heavy atom. The number of benzene rings is 1. The molecule has 1 aromatic carbocycles. The molecule has 0 amide bonds. The Kier molecular flexibility index (Phi) is 3.25. The summed E-state index contributed by atoms with van der Waals surface area (Å²) in [5, 5.41) is 16.3. The van der Waals surface area contributed by atoms with E-state index in [9.17, 15) is 0 Å². The van der Waals surface area contributed by atoms with Crippen LogP contribution in [0.1, 0.15) is 10.6 Å². The Morgan fingerprint density at radius 1 is 0.952 bits per heavy atom. The molecule has 0 spiro atoms. The average Bonchev–Trinajstić information content (AvgIpc) is 3.22. The Hall–Kier alpha value is -2.05. The van der Waals surface area contributed by atoms with Crippen molar-refractivity contribution in [1.82, 2.24) is 19.8 Å². The molecule has 3 heterocycles. The van der Waals surface area contributed by atoms with Crippen molar-refractivity contribution in [3.63, 3.8) is 0 Å². The summed E-state index contributed by atoms with van der Waals surface area (Å²) < 4.78 is 1.86. The van der Waals surface area contributed by atoms with Gasteiger partial charge in [-0.25, -0.2) is 0 Å². The zero-order chi connectivity index (χ0) is 14.1. The first-order chi connectivity index (χ1) is 10.4. The number of aromatic nitrogens is 4. The lowest BCUT2D eigenvalue weighted by Gasteiger charge is -1.97. The second-order valence-electron chi connectivity index (χ2n) is 4.68. The normalized spacial score (nSPS) is 11.2. The molecule has 0 aliphatic carbocycles. The summed E-state index contributed by atoms with van der Waals surface area (Å²) in [4.78, 5) is 1.96. The second-order valence-corrected chi connectivity index (χ2v) is 6.66. The van der Waals surface area contributed by atoms with Crippen LogP contribution in [0.3, 0.4) is 0 Å². The minimum atomic E-state index is 0.835. The predicted octanol–water partition coefficient (Wildman–Crippen LogP) is 3.70. The molecule has 0 saturated heterocycles. The van der Waals surface area contributed by atoms with Crippen molar-refractivity contribution in [3.05, 3.63) is 58.4 Å². The van der Waals surface area contributed by atoms with Crippen LogP contribution in [0.2, 0.25) is 0 Å². The van der Waals surface area contributed by atoms with E-state index in [0.717, 1.165) is 33.5 Å². The molecule has 6 heteroatoms. The van der Waals surface area contributed by atoms with Crippen molar-refractivity contribution in [2.75, 3.05) is 0 Å². The molecule has 4 aromatic rings. The van der Waals surface area contributed by atoms with Crippen molar-refractivity contribution in [1.29, 1.82) is 0 Å². The van der Waals surface area contributed by atoms with Gasteiger partial charge in [-0.2, -0.15) is 9.61 Å². The van der Waals surface area contributed by atoms with E-state index in [-0.39, 0.29) is 0 Å². The first-order valence-electron chi connectivity index (χ1n) is 6.69. The van der Waals surface area contributed by atoms with E-state index in [1.807, 2.05) is 28.1 Å². The zero-order valence-corrected chi connectivity index (χ0v) is 12.8. The minimum absolute atomic E-state index is 0.835. The molecule has 0 unspecified atom stereocenters. The van der Waals surface area contributed by atoms with Crippen LogP contribution in [0.25, 0.3) is 15.7 Å². The van der Waals surface area contributed by atoms with Gasteiger partial charge < -0.3 is 0 Å². The van der Waals surface area contributed by atoms with Crippen LogP contribution in [0.4, 0.5) is 0 Å². The molecular formula is C15H12N4S2. The van der Waals surface area contributed by atoms with E-state index in [0.29, 0.717) is 0 Å². The minimum Gasteiger partial charge on any atom is -0.182 e. The molecule has 0 aliphatic heterocycles. The molecule has 0 radical (unpaired) electrons. The highest BCUT2D eigenvalue weighted by Gasteiger charge is 2.13.